The summed E-state index contributed by atoms with van der Waals surface area (Å²) >= 11 is 6.07. The molecule has 9 heteroatoms. The standard InChI is InChI=1S/C17H15ClN4O3S/c1-25-12-6-8-13(9-7-12)26(23,24)22-17-11-10-16(20-21-17)19-15-5-3-2-4-14(15)18/h2-11H,1H3,(H,19,20)(H,21,22). The van der Waals surface area contributed by atoms with Crippen LogP contribution in [0.3, 0.4) is 0 Å². The number of hydrogen-bond acceptors (Lipinski definition) is 6. The molecule has 0 aliphatic rings. The fourth-order valence-electron chi connectivity index (χ4n) is 2.11. The lowest BCUT2D eigenvalue weighted by Gasteiger charge is -2.09. The summed E-state index contributed by atoms with van der Waals surface area (Å²) in [7, 11) is -2.26. The highest BCUT2D eigenvalue weighted by Crippen LogP contribution is 2.24. The minimum Gasteiger partial charge on any atom is -0.497 e. The highest BCUT2D eigenvalue weighted by molar-refractivity contribution is 7.92. The van der Waals surface area contributed by atoms with E-state index in [-0.39, 0.29) is 10.7 Å². The zero-order valence-electron chi connectivity index (χ0n) is 13.7. The van der Waals surface area contributed by atoms with Gasteiger partial charge in [-0.1, -0.05) is 23.7 Å². The van der Waals surface area contributed by atoms with Crippen molar-refractivity contribution in [3.63, 3.8) is 0 Å². The van der Waals surface area contributed by atoms with Crippen molar-refractivity contribution < 1.29 is 13.2 Å². The van der Waals surface area contributed by atoms with Gasteiger partial charge in [-0.15, -0.1) is 10.2 Å². The maximum Gasteiger partial charge on any atom is 0.263 e. The van der Waals surface area contributed by atoms with Crippen LogP contribution in [-0.4, -0.2) is 25.7 Å². The largest absolute Gasteiger partial charge is 0.497 e. The van der Waals surface area contributed by atoms with E-state index in [1.807, 2.05) is 12.1 Å². The molecule has 1 heterocycles. The molecule has 0 radical (unpaired) electrons. The Labute approximate surface area is 156 Å². The van der Waals surface area contributed by atoms with Crippen LogP contribution in [0.2, 0.25) is 5.02 Å². The van der Waals surface area contributed by atoms with Crippen LogP contribution >= 0.6 is 11.6 Å². The van der Waals surface area contributed by atoms with E-state index in [9.17, 15) is 8.42 Å². The summed E-state index contributed by atoms with van der Waals surface area (Å²) in [5.41, 5.74) is 0.676. The van der Waals surface area contributed by atoms with Crippen LogP contribution in [0.15, 0.2) is 65.6 Å². The first-order valence-corrected chi connectivity index (χ1v) is 9.36. The van der Waals surface area contributed by atoms with Crippen LogP contribution in [0.5, 0.6) is 5.75 Å². The van der Waals surface area contributed by atoms with Gasteiger partial charge in [0.2, 0.25) is 0 Å². The van der Waals surface area contributed by atoms with Gasteiger partial charge in [0.05, 0.1) is 22.7 Å². The van der Waals surface area contributed by atoms with Crippen LogP contribution in [0, 0.1) is 0 Å². The molecule has 134 valence electrons. The average molecular weight is 391 g/mol. The van der Waals surface area contributed by atoms with Gasteiger partial charge in [-0.3, -0.25) is 4.72 Å². The molecule has 3 aromatic rings. The minimum atomic E-state index is -3.77. The summed E-state index contributed by atoms with van der Waals surface area (Å²) in [6.45, 7) is 0. The highest BCUT2D eigenvalue weighted by atomic mass is 35.5. The Morgan fingerprint density at radius 3 is 2.19 bits per heavy atom. The van der Waals surface area contributed by atoms with Crippen molar-refractivity contribution in [3.8, 4) is 5.75 Å². The maximum atomic E-state index is 12.4. The minimum absolute atomic E-state index is 0.0957. The van der Waals surface area contributed by atoms with Crippen molar-refractivity contribution in [3.05, 3.63) is 65.7 Å². The molecular weight excluding hydrogens is 376 g/mol. The molecule has 26 heavy (non-hydrogen) atoms. The summed E-state index contributed by atoms with van der Waals surface area (Å²) in [6, 6.07) is 16.3. The first-order chi connectivity index (χ1) is 12.5. The van der Waals surface area contributed by atoms with Gasteiger partial charge in [-0.05, 0) is 48.5 Å². The molecule has 1 aromatic heterocycles. The molecule has 0 spiro atoms. The number of para-hydroxylation sites is 1. The van der Waals surface area contributed by atoms with Crippen molar-refractivity contribution in [1.29, 1.82) is 0 Å². The lowest BCUT2D eigenvalue weighted by molar-refractivity contribution is 0.414. The van der Waals surface area contributed by atoms with Gasteiger partial charge in [0.15, 0.2) is 11.6 Å². The molecule has 0 unspecified atom stereocenters. The summed E-state index contributed by atoms with van der Waals surface area (Å²) in [6.07, 6.45) is 0. The molecule has 0 bridgehead atoms. The van der Waals surface area contributed by atoms with Crippen LogP contribution in [-0.2, 0) is 10.0 Å². The maximum absolute atomic E-state index is 12.4. The Morgan fingerprint density at radius 1 is 0.923 bits per heavy atom. The fourth-order valence-corrected chi connectivity index (χ4v) is 3.28. The number of aromatic nitrogens is 2. The second-order valence-electron chi connectivity index (χ2n) is 5.19. The second-order valence-corrected chi connectivity index (χ2v) is 7.28. The Morgan fingerprint density at radius 2 is 1.58 bits per heavy atom. The Balaban J connectivity index is 1.73. The third-order valence-electron chi connectivity index (χ3n) is 3.41. The Bertz CT molecular complexity index is 993. The van der Waals surface area contributed by atoms with Crippen molar-refractivity contribution in [1.82, 2.24) is 10.2 Å². The van der Waals surface area contributed by atoms with Crippen molar-refractivity contribution in [2.75, 3.05) is 17.1 Å². The smallest absolute Gasteiger partial charge is 0.263 e. The molecule has 0 amide bonds. The molecule has 0 atom stereocenters. The number of methoxy groups -OCH3 is 1. The molecule has 0 aliphatic carbocycles. The molecule has 3 rings (SSSR count). The van der Waals surface area contributed by atoms with Crippen molar-refractivity contribution in [2.45, 2.75) is 4.90 Å². The predicted molar refractivity (Wildman–Crippen MR) is 101 cm³/mol. The van der Waals surface area contributed by atoms with E-state index in [2.05, 4.69) is 20.2 Å². The Kier molecular flexibility index (Phi) is 5.24. The van der Waals surface area contributed by atoms with Gasteiger partial charge in [-0.2, -0.15) is 0 Å². The first kappa shape index (κ1) is 18.0. The third kappa shape index (κ3) is 4.22. The number of ether oxygens (including phenoxy) is 1. The Hall–Kier alpha value is -2.84. The lowest BCUT2D eigenvalue weighted by atomic mass is 10.3. The number of anilines is 3. The molecule has 7 nitrogen and oxygen atoms in total. The van der Waals surface area contributed by atoms with Crippen LogP contribution in [0.1, 0.15) is 0 Å². The number of halogens is 1. The zero-order chi connectivity index (χ0) is 18.6. The highest BCUT2D eigenvalue weighted by Gasteiger charge is 2.15. The topological polar surface area (TPSA) is 93.2 Å². The number of sulfonamides is 1. The van der Waals surface area contributed by atoms with Crippen LogP contribution < -0.4 is 14.8 Å². The van der Waals surface area contributed by atoms with Crippen molar-refractivity contribution >= 4 is 38.9 Å². The zero-order valence-corrected chi connectivity index (χ0v) is 15.3. The average Bonchev–Trinajstić information content (AvgIpc) is 2.65. The number of benzene rings is 2. The molecule has 0 aliphatic heterocycles. The van der Waals surface area contributed by atoms with E-state index in [4.69, 9.17) is 16.3 Å². The molecule has 0 fully saturated rings. The van der Waals surface area contributed by atoms with E-state index >= 15 is 0 Å². The van der Waals surface area contributed by atoms with Gasteiger partial charge in [0.1, 0.15) is 5.75 Å². The quantitative estimate of drug-likeness (QED) is 0.666. The molecule has 2 aromatic carbocycles. The molecular formula is C17H15ClN4O3S. The lowest BCUT2D eigenvalue weighted by Crippen LogP contribution is -2.14. The van der Waals surface area contributed by atoms with E-state index in [1.165, 1.54) is 25.3 Å². The van der Waals surface area contributed by atoms with E-state index in [0.717, 1.165) is 0 Å². The summed E-state index contributed by atoms with van der Waals surface area (Å²) in [5, 5.41) is 11.4. The van der Waals surface area contributed by atoms with Gasteiger partial charge in [0.25, 0.3) is 10.0 Å². The first-order valence-electron chi connectivity index (χ1n) is 7.50. The summed E-state index contributed by atoms with van der Waals surface area (Å²) < 4.78 is 32.1. The molecule has 2 N–H and O–H groups in total. The number of nitrogens with one attached hydrogen (secondary N) is 2. The van der Waals surface area contributed by atoms with E-state index in [0.29, 0.717) is 22.3 Å². The summed E-state index contributed by atoms with van der Waals surface area (Å²) in [5.74, 6) is 1.11. The SMILES string of the molecule is COc1ccc(S(=O)(=O)Nc2ccc(Nc3ccccc3Cl)nn2)cc1. The number of hydrogen-bond donors (Lipinski definition) is 2. The van der Waals surface area contributed by atoms with E-state index in [1.54, 1.807) is 30.3 Å². The monoisotopic (exact) mass is 390 g/mol. The van der Waals surface area contributed by atoms with Crippen molar-refractivity contribution in [2.24, 2.45) is 0 Å². The van der Waals surface area contributed by atoms with Gasteiger partial charge in [0, 0.05) is 0 Å². The fraction of sp³-hybridized carbons (Fsp3) is 0.0588. The second kappa shape index (κ2) is 7.59. The predicted octanol–water partition coefficient (Wildman–Crippen LogP) is 3.68. The summed E-state index contributed by atoms with van der Waals surface area (Å²) in [4.78, 5) is 0.0957. The number of nitrogens with zero attached hydrogens (tertiary/aromatic N) is 2. The third-order valence-corrected chi connectivity index (χ3v) is 5.11. The van der Waals surface area contributed by atoms with Gasteiger partial charge in [-0.25, -0.2) is 8.42 Å². The van der Waals surface area contributed by atoms with Gasteiger partial charge < -0.3 is 10.1 Å². The van der Waals surface area contributed by atoms with Crippen LogP contribution in [0.4, 0.5) is 17.3 Å². The van der Waals surface area contributed by atoms with Gasteiger partial charge >= 0.3 is 0 Å². The molecule has 0 saturated heterocycles. The molecule has 0 saturated carbocycles. The van der Waals surface area contributed by atoms with E-state index < -0.39 is 10.0 Å². The number of rotatable bonds is 6. The normalized spacial score (nSPS) is 11.0. The van der Waals surface area contributed by atoms with Crippen LogP contribution in [0.25, 0.3) is 0 Å².